The molecule has 0 aromatic heterocycles. The van der Waals surface area contributed by atoms with E-state index in [9.17, 15) is 19.2 Å². The van der Waals surface area contributed by atoms with Gasteiger partial charge in [0.1, 0.15) is 12.1 Å². The number of nitrogens with zero attached hydrogens (tertiary/aromatic N) is 2. The quantitative estimate of drug-likeness (QED) is 0.726. The topological polar surface area (TPSA) is 107 Å². The Kier molecular flexibility index (Phi) is 4.23. The van der Waals surface area contributed by atoms with Crippen molar-refractivity contribution in [1.82, 2.24) is 15.1 Å². The average molecular weight is 337 g/mol. The maximum atomic E-state index is 12.8. The minimum Gasteiger partial charge on any atom is -0.481 e. The van der Waals surface area contributed by atoms with Crippen molar-refractivity contribution in [3.05, 3.63) is 0 Å². The first-order valence-corrected chi connectivity index (χ1v) is 8.50. The molecule has 0 aromatic rings. The number of carboxylic acid groups (broad SMARTS) is 1. The van der Waals surface area contributed by atoms with Crippen LogP contribution in [0.2, 0.25) is 0 Å². The van der Waals surface area contributed by atoms with Gasteiger partial charge in [0.15, 0.2) is 0 Å². The third-order valence-corrected chi connectivity index (χ3v) is 5.69. The molecule has 3 unspecified atom stereocenters. The number of nitrogens with one attached hydrogen (secondary N) is 1. The van der Waals surface area contributed by atoms with Gasteiger partial charge in [0.05, 0.1) is 5.92 Å². The summed E-state index contributed by atoms with van der Waals surface area (Å²) in [4.78, 5) is 50.8. The maximum absolute atomic E-state index is 12.8. The van der Waals surface area contributed by atoms with Crippen molar-refractivity contribution >= 4 is 23.8 Å². The van der Waals surface area contributed by atoms with Crippen molar-refractivity contribution in [1.29, 1.82) is 0 Å². The number of imide groups is 1. The van der Waals surface area contributed by atoms with Gasteiger partial charge in [0, 0.05) is 13.1 Å². The van der Waals surface area contributed by atoms with Crippen LogP contribution in [0.3, 0.4) is 0 Å². The lowest BCUT2D eigenvalue weighted by molar-refractivity contribution is -0.142. The van der Waals surface area contributed by atoms with Gasteiger partial charge in [0.2, 0.25) is 5.91 Å². The summed E-state index contributed by atoms with van der Waals surface area (Å²) < 4.78 is 0. The summed E-state index contributed by atoms with van der Waals surface area (Å²) in [5.74, 6) is -2.13. The Balaban J connectivity index is 1.67. The highest BCUT2D eigenvalue weighted by atomic mass is 16.4. The fourth-order valence-electron chi connectivity index (χ4n) is 4.06. The third-order valence-electron chi connectivity index (χ3n) is 5.69. The maximum Gasteiger partial charge on any atom is 0.325 e. The van der Waals surface area contributed by atoms with Crippen LogP contribution in [0, 0.1) is 11.8 Å². The van der Waals surface area contributed by atoms with E-state index in [1.54, 1.807) is 0 Å². The van der Waals surface area contributed by atoms with E-state index in [2.05, 4.69) is 5.32 Å². The number of hydrogen-bond acceptors (Lipinski definition) is 4. The summed E-state index contributed by atoms with van der Waals surface area (Å²) in [5, 5.41) is 11.8. The van der Waals surface area contributed by atoms with Crippen LogP contribution in [0.5, 0.6) is 0 Å². The number of carbonyl (C=O) groups is 4. The van der Waals surface area contributed by atoms with Crippen LogP contribution < -0.4 is 5.32 Å². The fourth-order valence-corrected chi connectivity index (χ4v) is 4.06. The molecule has 3 rings (SSSR count). The fraction of sp³-hybridized carbons (Fsp3) is 0.750. The Morgan fingerprint density at radius 3 is 2.67 bits per heavy atom. The second kappa shape index (κ2) is 6.07. The van der Waals surface area contributed by atoms with Crippen LogP contribution in [0.25, 0.3) is 0 Å². The molecule has 2 aliphatic heterocycles. The largest absolute Gasteiger partial charge is 0.481 e. The van der Waals surface area contributed by atoms with E-state index in [0.29, 0.717) is 19.4 Å². The lowest BCUT2D eigenvalue weighted by Gasteiger charge is -2.36. The normalized spacial score (nSPS) is 33.2. The molecule has 24 heavy (non-hydrogen) atoms. The van der Waals surface area contributed by atoms with E-state index >= 15 is 0 Å². The Morgan fingerprint density at radius 2 is 2.04 bits per heavy atom. The van der Waals surface area contributed by atoms with Gasteiger partial charge in [-0.15, -0.1) is 0 Å². The van der Waals surface area contributed by atoms with Crippen molar-refractivity contribution in [3.63, 3.8) is 0 Å². The predicted molar refractivity (Wildman–Crippen MR) is 82.9 cm³/mol. The van der Waals surface area contributed by atoms with Crippen LogP contribution in [-0.4, -0.2) is 63.9 Å². The molecule has 3 fully saturated rings. The van der Waals surface area contributed by atoms with E-state index in [1.165, 1.54) is 4.90 Å². The molecule has 1 spiro atoms. The molecule has 1 saturated carbocycles. The van der Waals surface area contributed by atoms with Gasteiger partial charge >= 0.3 is 12.0 Å². The number of rotatable bonds is 3. The molecule has 2 N–H and O–H groups in total. The zero-order valence-electron chi connectivity index (χ0n) is 13.8. The highest BCUT2D eigenvalue weighted by Gasteiger charge is 2.55. The molecular weight excluding hydrogens is 314 g/mol. The first-order chi connectivity index (χ1) is 11.3. The van der Waals surface area contributed by atoms with Gasteiger partial charge in [-0.3, -0.25) is 19.3 Å². The molecule has 0 radical (unpaired) electrons. The average Bonchev–Trinajstić information content (AvgIpc) is 3.11. The van der Waals surface area contributed by atoms with Crippen molar-refractivity contribution in [3.8, 4) is 0 Å². The lowest BCUT2D eigenvalue weighted by Crippen LogP contribution is -2.54. The standard InChI is InChI=1S/C16H23N3O5/c1-10-4-2-3-6-16(10)14(23)19(15(24)17-16)9-12(20)18-7-5-11(8-18)13(21)22/h10-11H,2-9H2,1H3,(H,17,24)(H,21,22). The van der Waals surface area contributed by atoms with E-state index in [-0.39, 0.29) is 30.8 Å². The number of amides is 4. The van der Waals surface area contributed by atoms with Gasteiger partial charge in [-0.1, -0.05) is 19.8 Å². The molecular formula is C16H23N3O5. The van der Waals surface area contributed by atoms with Crippen molar-refractivity contribution in [2.75, 3.05) is 19.6 Å². The number of urea groups is 1. The molecule has 3 aliphatic rings. The van der Waals surface area contributed by atoms with E-state index in [0.717, 1.165) is 24.2 Å². The van der Waals surface area contributed by atoms with Crippen molar-refractivity contribution in [2.24, 2.45) is 11.8 Å². The predicted octanol–water partition coefficient (Wildman–Crippen LogP) is 0.420. The van der Waals surface area contributed by atoms with E-state index < -0.39 is 23.5 Å². The van der Waals surface area contributed by atoms with Crippen molar-refractivity contribution in [2.45, 2.75) is 44.6 Å². The Labute approximate surface area is 140 Å². The molecule has 0 aromatic carbocycles. The van der Waals surface area contributed by atoms with Gasteiger partial charge in [-0.25, -0.2) is 4.79 Å². The highest BCUT2D eigenvalue weighted by molar-refractivity contribution is 6.09. The number of carbonyl (C=O) groups excluding carboxylic acids is 3. The van der Waals surface area contributed by atoms with E-state index in [4.69, 9.17) is 5.11 Å². The molecule has 8 nitrogen and oxygen atoms in total. The monoisotopic (exact) mass is 337 g/mol. The molecule has 0 bridgehead atoms. The summed E-state index contributed by atoms with van der Waals surface area (Å²) in [5.41, 5.74) is -0.871. The summed E-state index contributed by atoms with van der Waals surface area (Å²) in [6.07, 6.45) is 3.80. The number of carboxylic acids is 1. The summed E-state index contributed by atoms with van der Waals surface area (Å²) in [6, 6.07) is -0.518. The Morgan fingerprint density at radius 1 is 1.29 bits per heavy atom. The third kappa shape index (κ3) is 2.63. The second-order valence-corrected chi connectivity index (χ2v) is 7.10. The SMILES string of the molecule is CC1CCCCC12NC(=O)N(CC(=O)N1CCC(C(=O)O)C1)C2=O. The van der Waals surface area contributed by atoms with Crippen LogP contribution in [0.15, 0.2) is 0 Å². The van der Waals surface area contributed by atoms with Crippen LogP contribution >= 0.6 is 0 Å². The van der Waals surface area contributed by atoms with Crippen LogP contribution in [0.4, 0.5) is 4.79 Å². The summed E-state index contributed by atoms with van der Waals surface area (Å²) in [7, 11) is 0. The van der Waals surface area contributed by atoms with E-state index in [1.807, 2.05) is 6.92 Å². The molecule has 8 heteroatoms. The second-order valence-electron chi connectivity index (χ2n) is 7.10. The van der Waals surface area contributed by atoms with Crippen molar-refractivity contribution < 1.29 is 24.3 Å². The van der Waals surface area contributed by atoms with Gasteiger partial charge in [-0.2, -0.15) is 0 Å². The molecule has 2 heterocycles. The minimum absolute atomic E-state index is 0.0472. The Hall–Kier alpha value is -2.12. The zero-order chi connectivity index (χ0) is 17.5. The molecule has 1 aliphatic carbocycles. The van der Waals surface area contributed by atoms with Gasteiger partial charge < -0.3 is 15.3 Å². The number of likely N-dealkylation sites (tertiary alicyclic amines) is 1. The molecule has 2 saturated heterocycles. The highest BCUT2D eigenvalue weighted by Crippen LogP contribution is 2.38. The molecule has 132 valence electrons. The lowest BCUT2D eigenvalue weighted by atomic mass is 9.73. The smallest absolute Gasteiger partial charge is 0.325 e. The van der Waals surface area contributed by atoms with Gasteiger partial charge in [0.25, 0.3) is 5.91 Å². The van der Waals surface area contributed by atoms with Crippen LogP contribution in [0.1, 0.15) is 39.0 Å². The van der Waals surface area contributed by atoms with Crippen LogP contribution in [-0.2, 0) is 14.4 Å². The first kappa shape index (κ1) is 16.7. The van der Waals surface area contributed by atoms with Gasteiger partial charge in [-0.05, 0) is 25.2 Å². The molecule has 3 atom stereocenters. The first-order valence-electron chi connectivity index (χ1n) is 8.50. The molecule has 4 amide bonds. The zero-order valence-corrected chi connectivity index (χ0v) is 13.8. The minimum atomic E-state index is -0.921. The summed E-state index contributed by atoms with van der Waals surface area (Å²) >= 11 is 0. The number of hydrogen-bond donors (Lipinski definition) is 2. The Bertz CT molecular complexity index is 592. The summed E-state index contributed by atoms with van der Waals surface area (Å²) in [6.45, 7) is 2.13. The number of aliphatic carboxylic acids is 1.